The molecule has 0 unspecified atom stereocenters. The second-order valence-corrected chi connectivity index (χ2v) is 4.06. The van der Waals surface area contributed by atoms with Crippen LogP contribution in [0.1, 0.15) is 16.7 Å². The highest BCUT2D eigenvalue weighted by Gasteiger charge is 2.39. The van der Waals surface area contributed by atoms with Crippen molar-refractivity contribution in [1.29, 1.82) is 0 Å². The molecule has 2 amide bonds. The average molecular weight is 334 g/mol. The summed E-state index contributed by atoms with van der Waals surface area (Å²) in [4.78, 5) is 10.3. The number of hydrogen-bond donors (Lipinski definition) is 2. The highest BCUT2D eigenvalue weighted by atomic mass is 35.5. The molecule has 0 heterocycles. The van der Waals surface area contributed by atoms with Crippen molar-refractivity contribution in [3.63, 3.8) is 0 Å². The van der Waals surface area contributed by atoms with Gasteiger partial charge < -0.3 is 5.73 Å². The summed E-state index contributed by atoms with van der Waals surface area (Å²) in [7, 11) is 0. The van der Waals surface area contributed by atoms with E-state index in [1.165, 1.54) is 0 Å². The van der Waals surface area contributed by atoms with E-state index in [0.717, 1.165) is 0 Å². The van der Waals surface area contributed by atoms with Crippen molar-refractivity contribution in [3.8, 4) is 0 Å². The van der Waals surface area contributed by atoms with Crippen LogP contribution in [0.5, 0.6) is 0 Å². The molecular weight excluding hydrogens is 328 g/mol. The molecule has 0 aliphatic rings. The monoisotopic (exact) mass is 333 g/mol. The third-order valence-electron chi connectivity index (χ3n) is 2.13. The third-order valence-corrected chi connectivity index (χ3v) is 2.44. The highest BCUT2D eigenvalue weighted by molar-refractivity contribution is 6.33. The molecule has 0 radical (unpaired) electrons. The van der Waals surface area contributed by atoms with Gasteiger partial charge in [-0.25, -0.2) is 10.2 Å². The van der Waals surface area contributed by atoms with Crippen LogP contribution in [0.25, 0.3) is 0 Å². The van der Waals surface area contributed by atoms with Crippen LogP contribution in [-0.4, -0.2) is 12.2 Å². The Morgan fingerprint density at radius 2 is 1.76 bits per heavy atom. The first-order valence-electron chi connectivity index (χ1n) is 4.99. The van der Waals surface area contributed by atoms with E-state index < -0.39 is 40.1 Å². The molecule has 0 aliphatic carbocycles. The van der Waals surface area contributed by atoms with E-state index in [2.05, 4.69) is 10.8 Å². The Morgan fingerprint density at radius 3 is 2.19 bits per heavy atom. The maximum atomic E-state index is 12.8. The number of hydrazone groups is 1. The molecule has 0 aromatic heterocycles. The van der Waals surface area contributed by atoms with Crippen molar-refractivity contribution < 1.29 is 31.1 Å². The lowest BCUT2D eigenvalue weighted by molar-refractivity contribution is -0.143. The summed E-state index contributed by atoms with van der Waals surface area (Å²) >= 11 is 5.43. The number of halogens is 7. The zero-order chi connectivity index (χ0) is 16.4. The first-order chi connectivity index (χ1) is 9.43. The molecule has 3 N–H and O–H groups in total. The Balaban J connectivity index is 3.43. The smallest absolute Gasteiger partial charge is 0.350 e. The first kappa shape index (κ1) is 17.1. The number of nitrogens with zero attached hydrogens (tertiary/aromatic N) is 1. The summed E-state index contributed by atoms with van der Waals surface area (Å²) in [6, 6.07) is -0.942. The average Bonchev–Trinajstić information content (AvgIpc) is 2.27. The van der Waals surface area contributed by atoms with Crippen LogP contribution in [0.4, 0.5) is 31.1 Å². The Kier molecular flexibility index (Phi) is 4.72. The fourth-order valence-electron chi connectivity index (χ4n) is 1.31. The van der Waals surface area contributed by atoms with E-state index in [1.54, 1.807) is 5.43 Å². The van der Waals surface area contributed by atoms with Crippen LogP contribution >= 0.6 is 11.6 Å². The van der Waals surface area contributed by atoms with Gasteiger partial charge >= 0.3 is 18.4 Å². The van der Waals surface area contributed by atoms with Gasteiger partial charge in [-0.3, -0.25) is 0 Å². The summed E-state index contributed by atoms with van der Waals surface area (Å²) in [5.41, 5.74) is 2.21. The van der Waals surface area contributed by atoms with E-state index in [9.17, 15) is 31.1 Å². The number of nitrogens with one attached hydrogen (secondary N) is 1. The Bertz CT molecular complexity index is 581. The zero-order valence-corrected chi connectivity index (χ0v) is 10.6. The van der Waals surface area contributed by atoms with Crippen molar-refractivity contribution in [2.75, 3.05) is 0 Å². The number of alkyl halides is 6. The summed E-state index contributed by atoms with van der Waals surface area (Å²) in [5.74, 6) is 0. The molecule has 21 heavy (non-hydrogen) atoms. The van der Waals surface area contributed by atoms with Gasteiger partial charge in [-0.15, -0.1) is 0 Å². The van der Waals surface area contributed by atoms with Gasteiger partial charge in [0.25, 0.3) is 0 Å². The number of rotatable bonds is 2. The standard InChI is InChI=1S/C10H6ClF6N3O/c11-7-2-4(9(12,13)14)1-6(10(15,16)17)5(7)3-19-20-8(18)21/h1-3H,(H3,18,20,21). The van der Waals surface area contributed by atoms with Crippen molar-refractivity contribution in [2.24, 2.45) is 10.8 Å². The molecule has 116 valence electrons. The van der Waals surface area contributed by atoms with Gasteiger partial charge in [-0.05, 0) is 12.1 Å². The lowest BCUT2D eigenvalue weighted by Gasteiger charge is -2.15. The summed E-state index contributed by atoms with van der Waals surface area (Å²) in [6.07, 6.45) is -9.64. The van der Waals surface area contributed by atoms with Gasteiger partial charge in [-0.1, -0.05) is 11.6 Å². The van der Waals surface area contributed by atoms with Gasteiger partial charge in [0.1, 0.15) is 0 Å². The van der Waals surface area contributed by atoms with E-state index in [0.29, 0.717) is 12.3 Å². The molecule has 0 bridgehead atoms. The molecule has 4 nitrogen and oxygen atoms in total. The number of carbonyl (C=O) groups excluding carboxylic acids is 1. The topological polar surface area (TPSA) is 67.5 Å². The number of carbonyl (C=O) groups is 1. The Labute approximate surface area is 118 Å². The summed E-state index contributed by atoms with van der Waals surface area (Å²) < 4.78 is 75.8. The van der Waals surface area contributed by atoms with Gasteiger partial charge in [0.05, 0.1) is 22.4 Å². The third kappa shape index (κ3) is 4.52. The van der Waals surface area contributed by atoms with Gasteiger partial charge in [0.2, 0.25) is 0 Å². The maximum absolute atomic E-state index is 12.8. The Hall–Kier alpha value is -1.97. The molecule has 0 fully saturated rings. The quantitative estimate of drug-likeness (QED) is 0.486. The van der Waals surface area contributed by atoms with Crippen molar-refractivity contribution in [1.82, 2.24) is 5.43 Å². The minimum absolute atomic E-state index is 0.0997. The molecule has 1 rings (SSSR count). The van der Waals surface area contributed by atoms with Gasteiger partial charge in [-0.2, -0.15) is 31.4 Å². The molecule has 0 aliphatic heterocycles. The van der Waals surface area contributed by atoms with Crippen molar-refractivity contribution in [2.45, 2.75) is 12.4 Å². The van der Waals surface area contributed by atoms with Crippen LogP contribution in [-0.2, 0) is 12.4 Å². The number of nitrogens with two attached hydrogens (primary N) is 1. The van der Waals surface area contributed by atoms with Crippen LogP contribution in [0.15, 0.2) is 17.2 Å². The second-order valence-electron chi connectivity index (χ2n) is 3.65. The number of urea groups is 1. The van der Waals surface area contributed by atoms with Crippen LogP contribution in [0.2, 0.25) is 5.02 Å². The molecule has 11 heteroatoms. The number of primary amides is 1. The molecule has 0 spiro atoms. The van der Waals surface area contributed by atoms with Crippen molar-refractivity contribution >= 4 is 23.8 Å². The molecular formula is C10H6ClF6N3O. The van der Waals surface area contributed by atoms with Crippen LogP contribution in [0, 0.1) is 0 Å². The minimum atomic E-state index is -5.10. The summed E-state index contributed by atoms with van der Waals surface area (Å²) in [5, 5.41) is 2.23. The molecule has 0 saturated heterocycles. The van der Waals surface area contributed by atoms with Crippen LogP contribution < -0.4 is 11.2 Å². The molecule has 0 atom stereocenters. The fraction of sp³-hybridized carbons (Fsp3) is 0.200. The fourth-order valence-corrected chi connectivity index (χ4v) is 1.58. The SMILES string of the molecule is NC(=O)NN=Cc1c(Cl)cc(C(F)(F)F)cc1C(F)(F)F. The largest absolute Gasteiger partial charge is 0.417 e. The number of hydrogen-bond acceptors (Lipinski definition) is 2. The Morgan fingerprint density at radius 1 is 1.19 bits per heavy atom. The number of benzene rings is 1. The summed E-state index contributed by atoms with van der Waals surface area (Å²) in [6.45, 7) is 0. The predicted octanol–water partition coefficient (Wildman–Crippen LogP) is 3.38. The van der Waals surface area contributed by atoms with E-state index in [1.807, 2.05) is 0 Å². The normalized spacial score (nSPS) is 12.7. The maximum Gasteiger partial charge on any atom is 0.417 e. The first-order valence-corrected chi connectivity index (χ1v) is 5.37. The van der Waals surface area contributed by atoms with Crippen molar-refractivity contribution in [3.05, 3.63) is 33.8 Å². The lowest BCUT2D eigenvalue weighted by Crippen LogP contribution is -2.24. The second kappa shape index (κ2) is 5.80. The zero-order valence-electron chi connectivity index (χ0n) is 9.81. The predicted molar refractivity (Wildman–Crippen MR) is 61.8 cm³/mol. The van der Waals surface area contributed by atoms with Gasteiger partial charge in [0, 0.05) is 5.56 Å². The number of amides is 2. The lowest BCUT2D eigenvalue weighted by atomic mass is 10.0. The van der Waals surface area contributed by atoms with E-state index in [-0.39, 0.29) is 6.07 Å². The molecule has 1 aromatic carbocycles. The minimum Gasteiger partial charge on any atom is -0.350 e. The van der Waals surface area contributed by atoms with E-state index in [4.69, 9.17) is 11.6 Å². The van der Waals surface area contributed by atoms with E-state index >= 15 is 0 Å². The van der Waals surface area contributed by atoms with Crippen LogP contribution in [0.3, 0.4) is 0 Å². The molecule has 1 aromatic rings. The molecule has 0 saturated carbocycles. The van der Waals surface area contributed by atoms with Gasteiger partial charge in [0.15, 0.2) is 0 Å². The highest BCUT2D eigenvalue weighted by Crippen LogP contribution is 2.39.